The molecular weight excluding hydrogens is 330 g/mol. The zero-order chi connectivity index (χ0) is 18.7. The lowest BCUT2D eigenvalue weighted by Gasteiger charge is -2.21. The fraction of sp³-hybridized carbons (Fsp3) is 0.500. The first kappa shape index (κ1) is 18.3. The van der Waals surface area contributed by atoms with Gasteiger partial charge in [-0.05, 0) is 52.0 Å². The van der Waals surface area contributed by atoms with Crippen LogP contribution in [0.4, 0.5) is 4.79 Å². The number of ether oxygens (including phenoxy) is 1. The molecule has 0 saturated heterocycles. The second-order valence-corrected chi connectivity index (χ2v) is 7.98. The number of carbonyl (C=O) groups is 2. The lowest BCUT2D eigenvalue weighted by Crippen LogP contribution is -2.38. The van der Waals surface area contributed by atoms with Gasteiger partial charge in [-0.25, -0.2) is 4.79 Å². The van der Waals surface area contributed by atoms with Crippen LogP contribution in [0.1, 0.15) is 50.4 Å². The number of hydrogen-bond acceptors (Lipinski definition) is 3. The molecule has 1 aliphatic rings. The standard InChI is InChI=1S/C20H27N3O3/c1-20(2,3)26-19(25)23-14-9-8-13(10-14)11-22-18(24)16-12-21-17-7-5-4-6-15(16)17/h4-7,12-14,21H,8-11H2,1-3H3,(H,22,24)(H,23,25)/t13-,14+/m0/s1. The first-order valence-corrected chi connectivity index (χ1v) is 9.15. The van der Waals surface area contributed by atoms with Gasteiger partial charge in [0, 0.05) is 29.7 Å². The van der Waals surface area contributed by atoms with Crippen molar-refractivity contribution in [3.05, 3.63) is 36.0 Å². The maximum Gasteiger partial charge on any atom is 0.407 e. The summed E-state index contributed by atoms with van der Waals surface area (Å²) in [6.07, 6.45) is 4.13. The topological polar surface area (TPSA) is 83.2 Å². The van der Waals surface area contributed by atoms with E-state index < -0.39 is 5.60 Å². The van der Waals surface area contributed by atoms with Gasteiger partial charge in [-0.3, -0.25) is 4.79 Å². The van der Waals surface area contributed by atoms with Crippen LogP contribution < -0.4 is 10.6 Å². The van der Waals surface area contributed by atoms with Crippen molar-refractivity contribution in [1.82, 2.24) is 15.6 Å². The quantitative estimate of drug-likeness (QED) is 0.782. The molecule has 1 fully saturated rings. The Morgan fingerprint density at radius 2 is 2.00 bits per heavy atom. The third-order valence-corrected chi connectivity index (χ3v) is 4.65. The van der Waals surface area contributed by atoms with Crippen molar-refractivity contribution in [3.63, 3.8) is 0 Å². The smallest absolute Gasteiger partial charge is 0.407 e. The van der Waals surface area contributed by atoms with Crippen LogP contribution in [0.3, 0.4) is 0 Å². The Kier molecular flexibility index (Phi) is 5.20. The number of carbonyl (C=O) groups excluding carboxylic acids is 2. The highest BCUT2D eigenvalue weighted by Gasteiger charge is 2.28. The molecule has 140 valence electrons. The SMILES string of the molecule is CC(C)(C)OC(=O)N[C@@H]1CC[C@H](CNC(=O)c2c[nH]c3ccccc23)C1. The average molecular weight is 357 g/mol. The van der Waals surface area contributed by atoms with Crippen molar-refractivity contribution in [2.24, 2.45) is 5.92 Å². The number of aromatic amines is 1. The number of rotatable bonds is 4. The summed E-state index contributed by atoms with van der Waals surface area (Å²) in [5.41, 5.74) is 1.14. The first-order chi connectivity index (χ1) is 12.3. The fourth-order valence-corrected chi connectivity index (χ4v) is 3.46. The van der Waals surface area contributed by atoms with Crippen molar-refractivity contribution < 1.29 is 14.3 Å². The molecule has 0 unspecified atom stereocenters. The van der Waals surface area contributed by atoms with Crippen LogP contribution in [-0.4, -0.2) is 35.2 Å². The van der Waals surface area contributed by atoms with Gasteiger partial charge in [-0.2, -0.15) is 0 Å². The van der Waals surface area contributed by atoms with Crippen LogP contribution in [0.25, 0.3) is 10.9 Å². The molecule has 1 aromatic carbocycles. The Balaban J connectivity index is 1.47. The largest absolute Gasteiger partial charge is 0.444 e. The van der Waals surface area contributed by atoms with Crippen LogP contribution in [0.5, 0.6) is 0 Å². The molecule has 26 heavy (non-hydrogen) atoms. The van der Waals surface area contributed by atoms with E-state index in [1.807, 2.05) is 45.0 Å². The van der Waals surface area contributed by atoms with Gasteiger partial charge in [0.2, 0.25) is 0 Å². The average Bonchev–Trinajstić information content (AvgIpc) is 3.17. The zero-order valence-electron chi connectivity index (χ0n) is 15.6. The summed E-state index contributed by atoms with van der Waals surface area (Å²) >= 11 is 0. The Morgan fingerprint density at radius 1 is 1.23 bits per heavy atom. The summed E-state index contributed by atoms with van der Waals surface area (Å²) in [4.78, 5) is 27.5. The Hall–Kier alpha value is -2.50. The van der Waals surface area contributed by atoms with Crippen molar-refractivity contribution in [2.75, 3.05) is 6.54 Å². The van der Waals surface area contributed by atoms with E-state index in [1.165, 1.54) is 0 Å². The molecular formula is C20H27N3O3. The van der Waals surface area contributed by atoms with E-state index in [0.29, 0.717) is 18.0 Å². The van der Waals surface area contributed by atoms with E-state index in [0.717, 1.165) is 30.2 Å². The molecule has 2 atom stereocenters. The van der Waals surface area contributed by atoms with Crippen molar-refractivity contribution in [2.45, 2.75) is 51.7 Å². The van der Waals surface area contributed by atoms with Crippen molar-refractivity contribution in [1.29, 1.82) is 0 Å². The van der Waals surface area contributed by atoms with Gasteiger partial charge in [0.05, 0.1) is 5.56 Å². The molecule has 0 bridgehead atoms. The first-order valence-electron chi connectivity index (χ1n) is 9.15. The Bertz CT molecular complexity index is 791. The summed E-state index contributed by atoms with van der Waals surface area (Å²) in [6, 6.07) is 7.88. The van der Waals surface area contributed by atoms with Gasteiger partial charge in [-0.1, -0.05) is 18.2 Å². The number of hydrogen-bond donors (Lipinski definition) is 3. The zero-order valence-corrected chi connectivity index (χ0v) is 15.6. The molecule has 0 radical (unpaired) electrons. The molecule has 0 aliphatic heterocycles. The molecule has 1 aromatic heterocycles. The number of benzene rings is 1. The van der Waals surface area contributed by atoms with E-state index in [2.05, 4.69) is 15.6 Å². The summed E-state index contributed by atoms with van der Waals surface area (Å²) in [7, 11) is 0. The second kappa shape index (κ2) is 7.40. The summed E-state index contributed by atoms with van der Waals surface area (Å²) in [5, 5.41) is 6.89. The monoisotopic (exact) mass is 357 g/mol. The van der Waals surface area contributed by atoms with Gasteiger partial charge in [-0.15, -0.1) is 0 Å². The summed E-state index contributed by atoms with van der Waals surface area (Å²) < 4.78 is 5.30. The van der Waals surface area contributed by atoms with Gasteiger partial charge in [0.15, 0.2) is 0 Å². The number of nitrogens with one attached hydrogen (secondary N) is 3. The lowest BCUT2D eigenvalue weighted by molar-refractivity contribution is 0.0504. The molecule has 1 heterocycles. The predicted molar refractivity (Wildman–Crippen MR) is 101 cm³/mol. The van der Waals surface area contributed by atoms with Crippen LogP contribution >= 0.6 is 0 Å². The fourth-order valence-electron chi connectivity index (χ4n) is 3.46. The van der Waals surface area contributed by atoms with Crippen LogP contribution in [0.15, 0.2) is 30.5 Å². The van der Waals surface area contributed by atoms with Crippen LogP contribution in [-0.2, 0) is 4.74 Å². The summed E-state index contributed by atoms with van der Waals surface area (Å²) in [5.74, 6) is 0.301. The number of amides is 2. The van der Waals surface area contributed by atoms with E-state index in [1.54, 1.807) is 6.20 Å². The molecule has 3 N–H and O–H groups in total. The molecule has 0 spiro atoms. The minimum atomic E-state index is -0.491. The third kappa shape index (κ3) is 4.56. The number of aromatic nitrogens is 1. The molecule has 1 aliphatic carbocycles. The van der Waals surface area contributed by atoms with Gasteiger partial charge < -0.3 is 20.4 Å². The third-order valence-electron chi connectivity index (χ3n) is 4.65. The highest BCUT2D eigenvalue weighted by molar-refractivity contribution is 6.06. The van der Waals surface area contributed by atoms with Crippen molar-refractivity contribution in [3.8, 4) is 0 Å². The minimum Gasteiger partial charge on any atom is -0.444 e. The highest BCUT2D eigenvalue weighted by atomic mass is 16.6. The van der Waals surface area contributed by atoms with Crippen molar-refractivity contribution >= 4 is 22.9 Å². The number of alkyl carbamates (subject to hydrolysis) is 1. The van der Waals surface area contributed by atoms with E-state index >= 15 is 0 Å². The lowest BCUT2D eigenvalue weighted by atomic mass is 10.1. The van der Waals surface area contributed by atoms with Crippen LogP contribution in [0, 0.1) is 5.92 Å². The molecule has 2 aromatic rings. The van der Waals surface area contributed by atoms with Crippen LogP contribution in [0.2, 0.25) is 0 Å². The number of para-hydroxylation sites is 1. The Morgan fingerprint density at radius 3 is 2.77 bits per heavy atom. The van der Waals surface area contributed by atoms with E-state index in [-0.39, 0.29) is 18.0 Å². The number of fused-ring (bicyclic) bond motifs is 1. The van der Waals surface area contributed by atoms with E-state index in [9.17, 15) is 9.59 Å². The molecule has 3 rings (SSSR count). The molecule has 2 amide bonds. The maximum absolute atomic E-state index is 12.5. The van der Waals surface area contributed by atoms with E-state index in [4.69, 9.17) is 4.74 Å². The Labute approximate surface area is 153 Å². The second-order valence-electron chi connectivity index (χ2n) is 7.98. The molecule has 1 saturated carbocycles. The maximum atomic E-state index is 12.5. The highest BCUT2D eigenvalue weighted by Crippen LogP contribution is 2.25. The van der Waals surface area contributed by atoms with Gasteiger partial charge in [0.1, 0.15) is 5.60 Å². The summed E-state index contributed by atoms with van der Waals surface area (Å²) in [6.45, 7) is 6.17. The van der Waals surface area contributed by atoms with Gasteiger partial charge in [0.25, 0.3) is 5.91 Å². The minimum absolute atomic E-state index is 0.0639. The normalized spacial score (nSPS) is 20.1. The number of H-pyrrole nitrogens is 1. The van der Waals surface area contributed by atoms with Gasteiger partial charge >= 0.3 is 6.09 Å². The molecule has 6 nitrogen and oxygen atoms in total. The molecule has 6 heteroatoms. The predicted octanol–water partition coefficient (Wildman–Crippen LogP) is 3.59.